The zero-order chi connectivity index (χ0) is 21.9. The molecule has 4 aromatic rings. The van der Waals surface area contributed by atoms with E-state index in [1.54, 1.807) is 7.11 Å². The number of aromatic nitrogens is 4. The number of methoxy groups -OCH3 is 1. The molecule has 0 amide bonds. The molecule has 0 aliphatic carbocycles. The Morgan fingerprint density at radius 3 is 2.66 bits per heavy atom. The number of thiocarbonyl (C=S) groups is 1. The van der Waals surface area contributed by atoms with Crippen LogP contribution in [-0.2, 0) is 13.0 Å². The second-order valence-electron chi connectivity index (χ2n) is 7.71. The van der Waals surface area contributed by atoms with Crippen molar-refractivity contribution in [3.63, 3.8) is 0 Å². The molecule has 0 saturated heterocycles. The molecule has 1 aliphatic heterocycles. The van der Waals surface area contributed by atoms with Gasteiger partial charge in [-0.15, -0.1) is 0 Å². The largest absolute Gasteiger partial charge is 0.497 e. The third-order valence-corrected chi connectivity index (χ3v) is 5.81. The van der Waals surface area contributed by atoms with E-state index in [1.165, 1.54) is 6.42 Å². The van der Waals surface area contributed by atoms with Gasteiger partial charge in [0.2, 0.25) is 0 Å². The molecule has 2 aromatic carbocycles. The van der Waals surface area contributed by atoms with Gasteiger partial charge >= 0.3 is 0 Å². The van der Waals surface area contributed by atoms with E-state index in [0.717, 1.165) is 65.3 Å². The lowest BCUT2D eigenvalue weighted by molar-refractivity contribution is 0.415. The van der Waals surface area contributed by atoms with Crippen LogP contribution < -0.4 is 15.5 Å². The molecule has 1 aliphatic rings. The number of hydrogen-bond acceptors (Lipinski definition) is 4. The summed E-state index contributed by atoms with van der Waals surface area (Å²) in [6, 6.07) is 17.7. The molecule has 0 saturated carbocycles. The molecule has 162 valence electrons. The fourth-order valence-electron chi connectivity index (χ4n) is 4.01. The number of rotatable bonds is 3. The zero-order valence-electron chi connectivity index (χ0n) is 17.9. The van der Waals surface area contributed by atoms with E-state index in [9.17, 15) is 0 Å². The molecular weight excluding hydrogens is 420 g/mol. The summed E-state index contributed by atoms with van der Waals surface area (Å²) in [4.78, 5) is 9.85. The van der Waals surface area contributed by atoms with Crippen LogP contribution in [0.5, 0.6) is 5.75 Å². The Bertz CT molecular complexity index is 1320. The van der Waals surface area contributed by atoms with E-state index in [2.05, 4.69) is 15.0 Å². The highest BCUT2D eigenvalue weighted by Gasteiger charge is 2.17. The molecule has 8 heteroatoms. The SMILES string of the molecule is COc1ccc(NC(=S)N=c2c3cnn(-c4ccccc4)c3nc3n2CCCCC3)cc1. The standard InChI is InChI=1S/C24H24N6OS/c1-31-19-13-11-17(12-14-19)26-24(32)28-22-20-16-25-30(18-8-4-2-5-9-18)23(20)27-21-10-6-3-7-15-29(21)22/h2,4-5,8-9,11-14,16H,3,6-7,10,15H2,1H3,(H,26,32). The number of nitrogens with one attached hydrogen (secondary N) is 1. The minimum absolute atomic E-state index is 0.397. The first-order valence-corrected chi connectivity index (χ1v) is 11.2. The van der Waals surface area contributed by atoms with Gasteiger partial charge < -0.3 is 14.6 Å². The van der Waals surface area contributed by atoms with Crippen LogP contribution in [0.25, 0.3) is 16.7 Å². The first-order chi connectivity index (χ1) is 15.7. The summed E-state index contributed by atoms with van der Waals surface area (Å²) >= 11 is 5.61. The van der Waals surface area contributed by atoms with Crippen molar-refractivity contribution in [2.75, 3.05) is 12.4 Å². The van der Waals surface area contributed by atoms with Crippen molar-refractivity contribution in [1.29, 1.82) is 0 Å². The first kappa shape index (κ1) is 20.4. The van der Waals surface area contributed by atoms with Crippen molar-refractivity contribution in [3.05, 3.63) is 72.1 Å². The maximum atomic E-state index is 5.61. The smallest absolute Gasteiger partial charge is 0.199 e. The van der Waals surface area contributed by atoms with Crippen LogP contribution in [0.1, 0.15) is 25.1 Å². The third kappa shape index (κ3) is 4.01. The van der Waals surface area contributed by atoms with Crippen LogP contribution in [0.3, 0.4) is 0 Å². The number of para-hydroxylation sites is 1. The normalized spacial score (nSPS) is 14.1. The number of hydrogen-bond donors (Lipinski definition) is 1. The quantitative estimate of drug-likeness (QED) is 0.478. The van der Waals surface area contributed by atoms with Gasteiger partial charge in [0.05, 0.1) is 24.4 Å². The number of ether oxygens (including phenoxy) is 1. The predicted octanol–water partition coefficient (Wildman–Crippen LogP) is 4.25. The van der Waals surface area contributed by atoms with E-state index in [4.69, 9.17) is 26.9 Å². The average Bonchev–Trinajstić information content (AvgIpc) is 3.10. The molecule has 5 rings (SSSR count). The van der Waals surface area contributed by atoms with Gasteiger partial charge in [0.1, 0.15) is 17.1 Å². The average molecular weight is 445 g/mol. The lowest BCUT2D eigenvalue weighted by atomic mass is 10.2. The molecule has 2 aromatic heterocycles. The molecule has 7 nitrogen and oxygen atoms in total. The highest BCUT2D eigenvalue weighted by atomic mass is 32.1. The molecule has 32 heavy (non-hydrogen) atoms. The Morgan fingerprint density at radius 2 is 1.88 bits per heavy atom. The molecule has 0 bridgehead atoms. The summed E-state index contributed by atoms with van der Waals surface area (Å²) in [6.45, 7) is 0.874. The van der Waals surface area contributed by atoms with E-state index >= 15 is 0 Å². The molecule has 0 radical (unpaired) electrons. The van der Waals surface area contributed by atoms with Crippen LogP contribution in [0.15, 0.2) is 65.8 Å². The second-order valence-corrected chi connectivity index (χ2v) is 8.10. The zero-order valence-corrected chi connectivity index (χ0v) is 18.7. The maximum Gasteiger partial charge on any atom is 0.199 e. The van der Waals surface area contributed by atoms with Gasteiger partial charge in [-0.1, -0.05) is 24.6 Å². The molecule has 0 unspecified atom stereocenters. The van der Waals surface area contributed by atoms with Gasteiger partial charge in [0.25, 0.3) is 0 Å². The number of benzene rings is 2. The Labute approximate surface area is 191 Å². The summed E-state index contributed by atoms with van der Waals surface area (Å²) in [7, 11) is 1.65. The summed E-state index contributed by atoms with van der Waals surface area (Å²) in [5, 5.41) is 9.13. The van der Waals surface area contributed by atoms with Gasteiger partial charge in [0.15, 0.2) is 10.8 Å². The van der Waals surface area contributed by atoms with Crippen LogP contribution in [-0.4, -0.2) is 31.6 Å². The minimum atomic E-state index is 0.397. The van der Waals surface area contributed by atoms with E-state index < -0.39 is 0 Å². The summed E-state index contributed by atoms with van der Waals surface area (Å²) in [5.41, 5.74) is 3.44. The van der Waals surface area contributed by atoms with E-state index in [0.29, 0.717) is 5.11 Å². The van der Waals surface area contributed by atoms with Gasteiger partial charge in [-0.25, -0.2) is 14.7 Å². The molecule has 1 N–H and O–H groups in total. The Morgan fingerprint density at radius 1 is 1.06 bits per heavy atom. The van der Waals surface area contributed by atoms with Crippen LogP contribution in [0.4, 0.5) is 5.69 Å². The molecule has 3 heterocycles. The predicted molar refractivity (Wildman–Crippen MR) is 129 cm³/mol. The first-order valence-electron chi connectivity index (χ1n) is 10.8. The van der Waals surface area contributed by atoms with Crippen molar-refractivity contribution >= 4 is 34.1 Å². The number of anilines is 1. The van der Waals surface area contributed by atoms with Crippen molar-refractivity contribution in [3.8, 4) is 11.4 Å². The van der Waals surface area contributed by atoms with Gasteiger partial charge in [-0.05, 0) is 61.5 Å². The van der Waals surface area contributed by atoms with Crippen molar-refractivity contribution in [2.45, 2.75) is 32.2 Å². The van der Waals surface area contributed by atoms with E-state index in [-0.39, 0.29) is 0 Å². The second kappa shape index (κ2) is 8.92. The fraction of sp³-hybridized carbons (Fsp3) is 0.250. The Kier molecular flexibility index (Phi) is 5.68. The molecular formula is C24H24N6OS. The summed E-state index contributed by atoms with van der Waals surface area (Å²) in [5.74, 6) is 1.82. The van der Waals surface area contributed by atoms with Gasteiger partial charge in [0, 0.05) is 18.7 Å². The fourth-order valence-corrected chi connectivity index (χ4v) is 4.22. The maximum absolute atomic E-state index is 5.61. The third-order valence-electron chi connectivity index (χ3n) is 5.62. The lowest BCUT2D eigenvalue weighted by Gasteiger charge is -2.12. The van der Waals surface area contributed by atoms with Crippen molar-refractivity contribution in [2.24, 2.45) is 4.99 Å². The van der Waals surface area contributed by atoms with Crippen molar-refractivity contribution < 1.29 is 4.74 Å². The Hall–Kier alpha value is -3.52. The monoisotopic (exact) mass is 444 g/mol. The molecule has 0 fully saturated rings. The highest BCUT2D eigenvalue weighted by Crippen LogP contribution is 2.19. The molecule has 0 spiro atoms. The minimum Gasteiger partial charge on any atom is -0.497 e. The number of aryl methyl sites for hydroxylation is 1. The summed E-state index contributed by atoms with van der Waals surface area (Å²) < 4.78 is 9.31. The van der Waals surface area contributed by atoms with Crippen molar-refractivity contribution in [1.82, 2.24) is 19.3 Å². The van der Waals surface area contributed by atoms with Crippen LogP contribution >= 0.6 is 12.2 Å². The number of nitrogens with zero attached hydrogens (tertiary/aromatic N) is 5. The summed E-state index contributed by atoms with van der Waals surface area (Å²) in [6.07, 6.45) is 6.14. The van der Waals surface area contributed by atoms with Gasteiger partial charge in [-0.2, -0.15) is 5.10 Å². The lowest BCUT2D eigenvalue weighted by Crippen LogP contribution is -2.28. The Balaban J connectivity index is 1.62. The highest BCUT2D eigenvalue weighted by molar-refractivity contribution is 7.80. The van der Waals surface area contributed by atoms with E-state index in [1.807, 2.05) is 65.5 Å². The van der Waals surface area contributed by atoms with Gasteiger partial charge in [-0.3, -0.25) is 0 Å². The number of fused-ring (bicyclic) bond motifs is 2. The van der Waals surface area contributed by atoms with Crippen LogP contribution in [0, 0.1) is 0 Å². The molecule has 0 atom stereocenters. The van der Waals surface area contributed by atoms with Crippen LogP contribution in [0.2, 0.25) is 0 Å². The topological polar surface area (TPSA) is 69.3 Å².